The van der Waals surface area contributed by atoms with Crippen molar-refractivity contribution in [3.05, 3.63) is 11.8 Å². The molecule has 0 unspecified atom stereocenters. The van der Waals surface area contributed by atoms with Crippen molar-refractivity contribution in [2.45, 2.75) is 18.6 Å². The lowest BCUT2D eigenvalue weighted by molar-refractivity contribution is 0.454. The van der Waals surface area contributed by atoms with E-state index >= 15 is 0 Å². The van der Waals surface area contributed by atoms with E-state index in [1.807, 2.05) is 7.05 Å². The Morgan fingerprint density at radius 1 is 1.33 bits per heavy atom. The van der Waals surface area contributed by atoms with E-state index in [2.05, 4.69) is 15.5 Å². The Bertz CT molecular complexity index is 399. The van der Waals surface area contributed by atoms with Crippen LogP contribution in [0, 0.1) is 0 Å². The smallest absolute Gasteiger partial charge is 0.231 e. The van der Waals surface area contributed by atoms with Crippen molar-refractivity contribution in [1.82, 2.24) is 15.5 Å². The molecular formula is C8H15N3O3S. The average molecular weight is 233 g/mol. The third kappa shape index (κ3) is 4.89. The molecule has 1 heterocycles. The number of hydrogen-bond donors (Lipinski definition) is 1. The molecule has 0 aliphatic carbocycles. The standard InChI is InChI=1S/C8H15N3O3S/c1-9-5-3-4-7-10-11-8(14-7)6-15(2,12)13/h9H,3-6H2,1-2H3. The van der Waals surface area contributed by atoms with Gasteiger partial charge in [-0.2, -0.15) is 0 Å². The van der Waals surface area contributed by atoms with Gasteiger partial charge >= 0.3 is 0 Å². The summed E-state index contributed by atoms with van der Waals surface area (Å²) in [5, 5.41) is 10.4. The van der Waals surface area contributed by atoms with Crippen LogP contribution in [0.25, 0.3) is 0 Å². The summed E-state index contributed by atoms with van der Waals surface area (Å²) in [5.74, 6) is 0.465. The molecule has 0 fully saturated rings. The predicted octanol–water partition coefficient (Wildman–Crippen LogP) is -0.234. The lowest BCUT2D eigenvalue weighted by Crippen LogP contribution is -2.08. The lowest BCUT2D eigenvalue weighted by Gasteiger charge is -1.94. The summed E-state index contributed by atoms with van der Waals surface area (Å²) < 4.78 is 27.0. The van der Waals surface area contributed by atoms with E-state index in [0.717, 1.165) is 19.2 Å². The normalized spacial score (nSPS) is 11.9. The highest BCUT2D eigenvalue weighted by atomic mass is 32.2. The molecule has 0 amide bonds. The number of nitrogens with one attached hydrogen (secondary N) is 1. The second-order valence-corrected chi connectivity index (χ2v) is 5.51. The zero-order chi connectivity index (χ0) is 11.3. The Hall–Kier alpha value is -0.950. The second kappa shape index (κ2) is 5.22. The first kappa shape index (κ1) is 12.1. The van der Waals surface area contributed by atoms with Crippen LogP contribution in [-0.2, 0) is 22.0 Å². The van der Waals surface area contributed by atoms with Crippen LogP contribution < -0.4 is 5.32 Å². The molecule has 0 saturated carbocycles. The first-order chi connectivity index (χ1) is 7.01. The molecule has 0 aliphatic rings. The molecule has 0 bridgehead atoms. The summed E-state index contributed by atoms with van der Waals surface area (Å²) in [5.41, 5.74) is 0. The topological polar surface area (TPSA) is 85.1 Å². The van der Waals surface area contributed by atoms with Gasteiger partial charge in [-0.25, -0.2) is 8.42 Å². The maximum atomic E-state index is 10.9. The van der Waals surface area contributed by atoms with E-state index in [9.17, 15) is 8.42 Å². The molecule has 1 N–H and O–H groups in total. The minimum Gasteiger partial charge on any atom is -0.424 e. The molecule has 6 nitrogen and oxygen atoms in total. The maximum Gasteiger partial charge on any atom is 0.231 e. The van der Waals surface area contributed by atoms with Crippen molar-refractivity contribution < 1.29 is 12.8 Å². The highest BCUT2D eigenvalue weighted by molar-refractivity contribution is 7.89. The quantitative estimate of drug-likeness (QED) is 0.683. The molecule has 1 rings (SSSR count). The van der Waals surface area contributed by atoms with Crippen molar-refractivity contribution in [3.63, 3.8) is 0 Å². The van der Waals surface area contributed by atoms with E-state index in [0.29, 0.717) is 12.3 Å². The SMILES string of the molecule is CNCCCc1nnc(CS(C)(=O)=O)o1. The number of sulfone groups is 1. The fourth-order valence-corrected chi connectivity index (χ4v) is 1.65. The number of aryl methyl sites for hydroxylation is 1. The molecule has 0 aromatic carbocycles. The van der Waals surface area contributed by atoms with E-state index < -0.39 is 9.84 Å². The summed E-state index contributed by atoms with van der Waals surface area (Å²) >= 11 is 0. The molecular weight excluding hydrogens is 218 g/mol. The van der Waals surface area contributed by atoms with Crippen LogP contribution >= 0.6 is 0 Å². The van der Waals surface area contributed by atoms with Crippen LogP contribution in [0.15, 0.2) is 4.42 Å². The van der Waals surface area contributed by atoms with Crippen molar-refractivity contribution in [1.29, 1.82) is 0 Å². The molecule has 0 aliphatic heterocycles. The summed E-state index contributed by atoms with van der Waals surface area (Å²) in [4.78, 5) is 0. The van der Waals surface area contributed by atoms with Crippen LogP contribution in [0.4, 0.5) is 0 Å². The minimum absolute atomic E-state index is 0.164. The minimum atomic E-state index is -3.10. The van der Waals surface area contributed by atoms with Gasteiger partial charge in [-0.3, -0.25) is 0 Å². The maximum absolute atomic E-state index is 10.9. The van der Waals surface area contributed by atoms with E-state index in [-0.39, 0.29) is 11.6 Å². The Morgan fingerprint density at radius 2 is 2.00 bits per heavy atom. The van der Waals surface area contributed by atoms with Crippen molar-refractivity contribution in [2.75, 3.05) is 19.8 Å². The molecule has 0 radical (unpaired) electrons. The monoisotopic (exact) mass is 233 g/mol. The van der Waals surface area contributed by atoms with Gasteiger partial charge in [0.15, 0.2) is 9.84 Å². The van der Waals surface area contributed by atoms with Gasteiger partial charge in [0.1, 0.15) is 5.75 Å². The van der Waals surface area contributed by atoms with Gasteiger partial charge in [0.2, 0.25) is 11.8 Å². The van der Waals surface area contributed by atoms with Crippen molar-refractivity contribution in [2.24, 2.45) is 0 Å². The Kier molecular flexibility index (Phi) is 4.22. The Morgan fingerprint density at radius 3 is 2.60 bits per heavy atom. The first-order valence-corrected chi connectivity index (χ1v) is 6.71. The van der Waals surface area contributed by atoms with Gasteiger partial charge in [-0.15, -0.1) is 10.2 Å². The molecule has 0 spiro atoms. The molecule has 86 valence electrons. The fourth-order valence-electron chi connectivity index (χ4n) is 1.09. The second-order valence-electron chi connectivity index (χ2n) is 3.37. The van der Waals surface area contributed by atoms with Crippen LogP contribution in [0.1, 0.15) is 18.2 Å². The third-order valence-corrected chi connectivity index (χ3v) is 2.48. The molecule has 7 heteroatoms. The average Bonchev–Trinajstić information content (AvgIpc) is 2.50. The van der Waals surface area contributed by atoms with Gasteiger partial charge in [0.05, 0.1) is 0 Å². The lowest BCUT2D eigenvalue weighted by atomic mass is 10.3. The predicted molar refractivity (Wildman–Crippen MR) is 55.1 cm³/mol. The Labute approximate surface area is 89.0 Å². The summed E-state index contributed by atoms with van der Waals surface area (Å²) in [6.07, 6.45) is 2.69. The summed E-state index contributed by atoms with van der Waals surface area (Å²) in [7, 11) is -1.23. The number of hydrogen-bond acceptors (Lipinski definition) is 6. The number of aromatic nitrogens is 2. The number of rotatable bonds is 6. The van der Waals surface area contributed by atoms with E-state index in [4.69, 9.17) is 4.42 Å². The van der Waals surface area contributed by atoms with Crippen molar-refractivity contribution in [3.8, 4) is 0 Å². The molecule has 0 atom stereocenters. The van der Waals surface area contributed by atoms with Gasteiger partial charge in [-0.05, 0) is 20.0 Å². The van der Waals surface area contributed by atoms with Crippen LogP contribution in [-0.4, -0.2) is 38.5 Å². The largest absolute Gasteiger partial charge is 0.424 e. The van der Waals surface area contributed by atoms with Gasteiger partial charge in [0, 0.05) is 12.7 Å². The van der Waals surface area contributed by atoms with E-state index in [1.165, 1.54) is 0 Å². The van der Waals surface area contributed by atoms with Crippen LogP contribution in [0.5, 0.6) is 0 Å². The van der Waals surface area contributed by atoms with Gasteiger partial charge in [-0.1, -0.05) is 0 Å². The molecule has 0 saturated heterocycles. The zero-order valence-corrected chi connectivity index (χ0v) is 9.67. The summed E-state index contributed by atoms with van der Waals surface area (Å²) in [6.45, 7) is 0.865. The highest BCUT2D eigenvalue weighted by Gasteiger charge is 2.11. The van der Waals surface area contributed by atoms with Gasteiger partial charge in [0.25, 0.3) is 0 Å². The summed E-state index contributed by atoms with van der Waals surface area (Å²) in [6, 6.07) is 0. The fraction of sp³-hybridized carbons (Fsp3) is 0.750. The first-order valence-electron chi connectivity index (χ1n) is 4.65. The molecule has 1 aromatic rings. The highest BCUT2D eigenvalue weighted by Crippen LogP contribution is 2.05. The van der Waals surface area contributed by atoms with Crippen molar-refractivity contribution >= 4 is 9.84 Å². The molecule has 1 aromatic heterocycles. The van der Waals surface area contributed by atoms with Crippen LogP contribution in [0.2, 0.25) is 0 Å². The Balaban J connectivity index is 2.49. The third-order valence-electron chi connectivity index (χ3n) is 1.71. The number of nitrogens with zero attached hydrogens (tertiary/aromatic N) is 2. The zero-order valence-electron chi connectivity index (χ0n) is 8.86. The van der Waals surface area contributed by atoms with E-state index in [1.54, 1.807) is 0 Å². The van der Waals surface area contributed by atoms with Gasteiger partial charge < -0.3 is 9.73 Å². The molecule has 15 heavy (non-hydrogen) atoms. The van der Waals surface area contributed by atoms with Crippen LogP contribution in [0.3, 0.4) is 0 Å².